The van der Waals surface area contributed by atoms with E-state index in [1.54, 1.807) is 11.3 Å². The molecule has 6 heteroatoms. The average molecular weight is 608 g/mol. The van der Waals surface area contributed by atoms with Gasteiger partial charge in [0.2, 0.25) is 5.95 Å². The fourth-order valence-electron chi connectivity index (χ4n) is 6.09. The van der Waals surface area contributed by atoms with E-state index in [1.165, 1.54) is 0 Å². The molecule has 3 aromatic heterocycles. The van der Waals surface area contributed by atoms with Crippen LogP contribution in [-0.4, -0.2) is 24.5 Å². The van der Waals surface area contributed by atoms with Crippen molar-refractivity contribution < 1.29 is 0 Å². The van der Waals surface area contributed by atoms with Crippen LogP contribution in [0.5, 0.6) is 0 Å². The average Bonchev–Trinajstić information content (AvgIpc) is 3.71. The zero-order valence-electron chi connectivity index (χ0n) is 24.6. The zero-order valence-corrected chi connectivity index (χ0v) is 25.4. The molecular weight excluding hydrogens is 583 g/mol. The zero-order chi connectivity index (χ0) is 30.5. The topological polar surface area (TPSA) is 56.5 Å². The van der Waals surface area contributed by atoms with Crippen LogP contribution >= 0.6 is 11.3 Å². The molecule has 0 spiro atoms. The second-order valence-electron chi connectivity index (χ2n) is 11.2. The molecular formula is C40H25N5S. The summed E-state index contributed by atoms with van der Waals surface area (Å²) in [5.74, 6) is 1.84. The Kier molecular flexibility index (Phi) is 6.25. The molecule has 0 saturated carbocycles. The molecule has 0 N–H and O–H groups in total. The van der Waals surface area contributed by atoms with Gasteiger partial charge in [0.05, 0.1) is 21.3 Å². The van der Waals surface area contributed by atoms with Crippen molar-refractivity contribution in [2.24, 2.45) is 0 Å². The van der Waals surface area contributed by atoms with Crippen LogP contribution in [0.25, 0.3) is 82.4 Å². The third kappa shape index (κ3) is 4.55. The number of hydrogen-bond donors (Lipinski definition) is 0. The summed E-state index contributed by atoms with van der Waals surface area (Å²) < 4.78 is 3.30. The predicted octanol–water partition coefficient (Wildman–Crippen LogP) is 10.2. The highest BCUT2D eigenvalue weighted by molar-refractivity contribution is 7.21. The van der Waals surface area contributed by atoms with E-state index in [-0.39, 0.29) is 0 Å². The van der Waals surface area contributed by atoms with E-state index in [2.05, 4.69) is 120 Å². The van der Waals surface area contributed by atoms with Crippen molar-refractivity contribution in [2.75, 3.05) is 0 Å². The van der Waals surface area contributed by atoms with E-state index in [4.69, 9.17) is 19.9 Å². The molecule has 9 aromatic rings. The molecule has 0 unspecified atom stereocenters. The number of nitrogens with zero attached hydrogens (tertiary/aromatic N) is 5. The number of aromatic nitrogens is 5. The second-order valence-corrected chi connectivity index (χ2v) is 12.2. The molecule has 216 valence electrons. The normalized spacial score (nSPS) is 11.5. The van der Waals surface area contributed by atoms with Crippen LogP contribution in [0.3, 0.4) is 0 Å². The van der Waals surface area contributed by atoms with Gasteiger partial charge in [0.1, 0.15) is 5.01 Å². The summed E-state index contributed by atoms with van der Waals surface area (Å²) in [7, 11) is 0. The molecule has 0 saturated heterocycles. The second kappa shape index (κ2) is 10.9. The molecule has 46 heavy (non-hydrogen) atoms. The first-order valence-electron chi connectivity index (χ1n) is 15.2. The van der Waals surface area contributed by atoms with Crippen LogP contribution in [0.2, 0.25) is 0 Å². The van der Waals surface area contributed by atoms with Gasteiger partial charge in [0, 0.05) is 27.5 Å². The maximum absolute atomic E-state index is 5.13. The van der Waals surface area contributed by atoms with E-state index in [0.29, 0.717) is 17.6 Å². The third-order valence-electron chi connectivity index (χ3n) is 8.30. The number of benzene rings is 6. The molecule has 9 rings (SSSR count). The summed E-state index contributed by atoms with van der Waals surface area (Å²) in [6, 6.07) is 52.2. The minimum Gasteiger partial charge on any atom is -0.278 e. The van der Waals surface area contributed by atoms with Crippen LogP contribution < -0.4 is 0 Å². The van der Waals surface area contributed by atoms with Crippen molar-refractivity contribution in [3.63, 3.8) is 0 Å². The summed E-state index contributed by atoms with van der Waals surface area (Å²) in [5, 5.41) is 3.35. The van der Waals surface area contributed by atoms with Gasteiger partial charge in [0.25, 0.3) is 0 Å². The summed E-state index contributed by atoms with van der Waals surface area (Å²) in [5.41, 5.74) is 8.33. The lowest BCUT2D eigenvalue weighted by molar-refractivity contribution is 0.953. The molecule has 0 aliphatic rings. The van der Waals surface area contributed by atoms with Gasteiger partial charge < -0.3 is 0 Å². The maximum Gasteiger partial charge on any atom is 0.238 e. The molecule has 0 radical (unpaired) electrons. The van der Waals surface area contributed by atoms with Crippen LogP contribution in [0.4, 0.5) is 0 Å². The number of thiazole rings is 1. The Hall–Kier alpha value is -5.98. The molecule has 0 amide bonds. The fourth-order valence-corrected chi connectivity index (χ4v) is 7.10. The third-order valence-corrected chi connectivity index (χ3v) is 9.37. The van der Waals surface area contributed by atoms with Crippen LogP contribution in [0.1, 0.15) is 0 Å². The van der Waals surface area contributed by atoms with E-state index in [9.17, 15) is 0 Å². The van der Waals surface area contributed by atoms with Crippen molar-refractivity contribution >= 4 is 43.4 Å². The van der Waals surface area contributed by atoms with Crippen LogP contribution in [0, 0.1) is 0 Å². The van der Waals surface area contributed by atoms with Crippen molar-refractivity contribution in [1.29, 1.82) is 0 Å². The molecule has 5 nitrogen and oxygen atoms in total. The van der Waals surface area contributed by atoms with Crippen molar-refractivity contribution in [2.45, 2.75) is 0 Å². The van der Waals surface area contributed by atoms with Crippen molar-refractivity contribution in [3.8, 4) is 50.4 Å². The highest BCUT2D eigenvalue weighted by Crippen LogP contribution is 2.35. The summed E-state index contributed by atoms with van der Waals surface area (Å²) >= 11 is 1.71. The first-order valence-corrected chi connectivity index (χ1v) is 16.0. The lowest BCUT2D eigenvalue weighted by Gasteiger charge is -2.11. The molecule has 6 aromatic carbocycles. The minimum atomic E-state index is 0.589. The SMILES string of the molecule is c1ccc(-c2nc(-c3cccc(-c4ccc5nc(-c6ccccc6)sc5c4)c3)nc(-n3c4ccccc4c4ccccc43)n2)cc1. The van der Waals surface area contributed by atoms with Gasteiger partial charge in [0.15, 0.2) is 11.6 Å². The monoisotopic (exact) mass is 607 g/mol. The Bertz CT molecular complexity index is 2480. The fraction of sp³-hybridized carbons (Fsp3) is 0. The number of fused-ring (bicyclic) bond motifs is 4. The molecule has 0 bridgehead atoms. The van der Waals surface area contributed by atoms with Gasteiger partial charge in [-0.3, -0.25) is 4.57 Å². The molecule has 3 heterocycles. The van der Waals surface area contributed by atoms with Gasteiger partial charge in [-0.25, -0.2) is 9.97 Å². The Morgan fingerprint density at radius 1 is 0.413 bits per heavy atom. The van der Waals surface area contributed by atoms with Gasteiger partial charge in [-0.1, -0.05) is 121 Å². The molecule has 0 atom stereocenters. The quantitative estimate of drug-likeness (QED) is 0.195. The van der Waals surface area contributed by atoms with Crippen LogP contribution in [0.15, 0.2) is 152 Å². The first-order chi connectivity index (χ1) is 22.8. The van der Waals surface area contributed by atoms with Crippen LogP contribution in [-0.2, 0) is 0 Å². The van der Waals surface area contributed by atoms with Gasteiger partial charge in [-0.15, -0.1) is 11.3 Å². The lowest BCUT2D eigenvalue weighted by atomic mass is 10.0. The van der Waals surface area contributed by atoms with Gasteiger partial charge in [-0.2, -0.15) is 9.97 Å². The number of rotatable bonds is 5. The number of para-hydroxylation sites is 2. The molecule has 0 fully saturated rings. The lowest BCUT2D eigenvalue weighted by Crippen LogP contribution is -2.06. The standard InChI is InChI=1S/C40H25N5S/c1-3-12-26(13-4-1)37-42-38(44-40(43-37)45-34-20-9-7-18-31(34)32-19-8-10-21-35(32)45)30-17-11-16-28(24-30)29-22-23-33-36(25-29)46-39(41-33)27-14-5-2-6-15-27/h1-25H. The molecule has 0 aliphatic heterocycles. The van der Waals surface area contributed by atoms with E-state index < -0.39 is 0 Å². The number of hydrogen-bond acceptors (Lipinski definition) is 5. The Morgan fingerprint density at radius 2 is 0.978 bits per heavy atom. The van der Waals surface area contributed by atoms with Gasteiger partial charge in [-0.05, 0) is 41.5 Å². The Morgan fingerprint density at radius 3 is 1.70 bits per heavy atom. The van der Waals surface area contributed by atoms with E-state index in [1.807, 2.05) is 36.4 Å². The summed E-state index contributed by atoms with van der Waals surface area (Å²) in [4.78, 5) is 20.1. The molecule has 0 aliphatic carbocycles. The smallest absolute Gasteiger partial charge is 0.238 e. The largest absolute Gasteiger partial charge is 0.278 e. The summed E-state index contributed by atoms with van der Waals surface area (Å²) in [6.45, 7) is 0. The van der Waals surface area contributed by atoms with E-state index in [0.717, 1.165) is 64.8 Å². The van der Waals surface area contributed by atoms with E-state index >= 15 is 0 Å². The maximum atomic E-state index is 5.13. The van der Waals surface area contributed by atoms with Crippen molar-refractivity contribution in [1.82, 2.24) is 24.5 Å². The Balaban J connectivity index is 1.20. The van der Waals surface area contributed by atoms with Gasteiger partial charge >= 0.3 is 0 Å². The minimum absolute atomic E-state index is 0.589. The Labute approximate surface area is 269 Å². The highest BCUT2D eigenvalue weighted by Gasteiger charge is 2.18. The highest BCUT2D eigenvalue weighted by atomic mass is 32.1. The predicted molar refractivity (Wildman–Crippen MR) is 189 cm³/mol. The van der Waals surface area contributed by atoms with Crippen molar-refractivity contribution in [3.05, 3.63) is 152 Å². The summed E-state index contributed by atoms with van der Waals surface area (Å²) in [6.07, 6.45) is 0. The first kappa shape index (κ1) is 26.4.